The topological polar surface area (TPSA) is 52.6 Å². The number of ether oxygens (including phenoxy) is 2. The molecule has 13 heavy (non-hydrogen) atoms. The summed E-state index contributed by atoms with van der Waals surface area (Å²) < 4.78 is 9.60. The molecule has 0 aliphatic carbocycles. The highest BCUT2D eigenvalue weighted by Crippen LogP contribution is 2.01. The Morgan fingerprint density at radius 2 is 1.85 bits per heavy atom. The average Bonchev–Trinajstić information content (AvgIpc) is 1.96. The zero-order valence-corrected chi connectivity index (χ0v) is 8.33. The summed E-state index contributed by atoms with van der Waals surface area (Å²) in [6, 6.07) is 0. The van der Waals surface area contributed by atoms with Crippen molar-refractivity contribution in [3.63, 3.8) is 0 Å². The number of rotatable bonds is 5. The van der Waals surface area contributed by atoms with Crippen LogP contribution in [0.5, 0.6) is 0 Å². The van der Waals surface area contributed by atoms with Gasteiger partial charge in [-0.2, -0.15) is 0 Å². The van der Waals surface area contributed by atoms with Crippen molar-refractivity contribution < 1.29 is 19.1 Å². The summed E-state index contributed by atoms with van der Waals surface area (Å²) >= 11 is 0. The number of hydrogen-bond acceptors (Lipinski definition) is 4. The summed E-state index contributed by atoms with van der Waals surface area (Å²) in [6.07, 6.45) is 1.33. The Morgan fingerprint density at radius 1 is 1.23 bits per heavy atom. The fourth-order valence-corrected chi connectivity index (χ4v) is 0.929. The van der Waals surface area contributed by atoms with E-state index in [1.54, 1.807) is 0 Å². The van der Waals surface area contributed by atoms with Crippen LogP contribution in [0.25, 0.3) is 0 Å². The van der Waals surface area contributed by atoms with Gasteiger partial charge in [-0.25, -0.2) is 0 Å². The van der Waals surface area contributed by atoms with Crippen molar-refractivity contribution in [3.05, 3.63) is 0 Å². The first-order chi connectivity index (χ1) is 6.02. The highest BCUT2D eigenvalue weighted by Gasteiger charge is 2.04. The van der Waals surface area contributed by atoms with Crippen molar-refractivity contribution in [2.75, 3.05) is 6.61 Å². The van der Waals surface area contributed by atoms with Crippen LogP contribution in [0.3, 0.4) is 0 Å². The Bertz CT molecular complexity index is 176. The van der Waals surface area contributed by atoms with Crippen molar-refractivity contribution in [2.24, 2.45) is 0 Å². The Kier molecular flexibility index (Phi) is 5.93. The molecule has 0 aliphatic rings. The van der Waals surface area contributed by atoms with E-state index in [1.807, 2.05) is 6.92 Å². The van der Waals surface area contributed by atoms with Crippen LogP contribution in [0.15, 0.2) is 0 Å². The van der Waals surface area contributed by atoms with Crippen molar-refractivity contribution in [2.45, 2.75) is 39.7 Å². The van der Waals surface area contributed by atoms with Gasteiger partial charge in [0.05, 0.1) is 12.7 Å². The molecule has 0 aromatic rings. The van der Waals surface area contributed by atoms with Crippen LogP contribution in [0.1, 0.15) is 33.6 Å². The van der Waals surface area contributed by atoms with Gasteiger partial charge in [0.1, 0.15) is 0 Å². The average molecular weight is 188 g/mol. The molecule has 0 spiro atoms. The van der Waals surface area contributed by atoms with Crippen LogP contribution in [0, 0.1) is 0 Å². The summed E-state index contributed by atoms with van der Waals surface area (Å²) in [5.41, 5.74) is 0. The summed E-state index contributed by atoms with van der Waals surface area (Å²) in [4.78, 5) is 20.8. The number of esters is 2. The van der Waals surface area contributed by atoms with Crippen LogP contribution < -0.4 is 0 Å². The lowest BCUT2D eigenvalue weighted by atomic mass is 10.2. The monoisotopic (exact) mass is 188 g/mol. The number of hydrogen-bond donors (Lipinski definition) is 0. The SMILES string of the molecule is CC(=O)OCCCC(C)OC(C)=O. The number of carbonyl (C=O) groups excluding carboxylic acids is 2. The quantitative estimate of drug-likeness (QED) is 0.481. The first-order valence-corrected chi connectivity index (χ1v) is 4.33. The summed E-state index contributed by atoms with van der Waals surface area (Å²) in [7, 11) is 0. The maximum absolute atomic E-state index is 10.5. The van der Waals surface area contributed by atoms with E-state index in [1.165, 1.54) is 13.8 Å². The molecule has 0 saturated carbocycles. The van der Waals surface area contributed by atoms with Crippen molar-refractivity contribution in [1.29, 1.82) is 0 Å². The first-order valence-electron chi connectivity index (χ1n) is 4.33. The van der Waals surface area contributed by atoms with E-state index >= 15 is 0 Å². The van der Waals surface area contributed by atoms with Gasteiger partial charge in [0.15, 0.2) is 0 Å². The molecule has 0 heterocycles. The molecule has 0 N–H and O–H groups in total. The lowest BCUT2D eigenvalue weighted by Crippen LogP contribution is -2.13. The van der Waals surface area contributed by atoms with E-state index in [9.17, 15) is 9.59 Å². The van der Waals surface area contributed by atoms with Gasteiger partial charge in [-0.1, -0.05) is 0 Å². The van der Waals surface area contributed by atoms with Gasteiger partial charge in [0.2, 0.25) is 0 Å². The zero-order chi connectivity index (χ0) is 10.3. The molecule has 1 atom stereocenters. The van der Waals surface area contributed by atoms with E-state index in [0.717, 1.165) is 0 Å². The molecule has 4 nitrogen and oxygen atoms in total. The summed E-state index contributed by atoms with van der Waals surface area (Å²) in [6.45, 7) is 4.95. The molecule has 0 bridgehead atoms. The highest BCUT2D eigenvalue weighted by atomic mass is 16.5. The maximum Gasteiger partial charge on any atom is 0.302 e. The van der Waals surface area contributed by atoms with E-state index in [2.05, 4.69) is 0 Å². The smallest absolute Gasteiger partial charge is 0.302 e. The second-order valence-electron chi connectivity index (χ2n) is 2.90. The van der Waals surface area contributed by atoms with Crippen molar-refractivity contribution in [3.8, 4) is 0 Å². The second-order valence-corrected chi connectivity index (χ2v) is 2.90. The van der Waals surface area contributed by atoms with E-state index < -0.39 is 0 Å². The lowest BCUT2D eigenvalue weighted by Gasteiger charge is -2.10. The Labute approximate surface area is 78.2 Å². The largest absolute Gasteiger partial charge is 0.466 e. The predicted molar refractivity (Wildman–Crippen MR) is 47.1 cm³/mol. The van der Waals surface area contributed by atoms with E-state index in [0.29, 0.717) is 19.4 Å². The molecule has 0 aromatic heterocycles. The third-order valence-corrected chi connectivity index (χ3v) is 1.43. The molecule has 76 valence electrons. The van der Waals surface area contributed by atoms with Gasteiger partial charge < -0.3 is 9.47 Å². The van der Waals surface area contributed by atoms with Gasteiger partial charge in [0, 0.05) is 13.8 Å². The number of carbonyl (C=O) groups is 2. The Hall–Kier alpha value is -1.06. The summed E-state index contributed by atoms with van der Waals surface area (Å²) in [5, 5.41) is 0. The van der Waals surface area contributed by atoms with Crippen molar-refractivity contribution >= 4 is 11.9 Å². The van der Waals surface area contributed by atoms with Gasteiger partial charge >= 0.3 is 11.9 Å². The van der Waals surface area contributed by atoms with E-state index in [-0.39, 0.29) is 18.0 Å². The molecule has 0 aromatic carbocycles. The van der Waals surface area contributed by atoms with Crippen LogP contribution in [0.4, 0.5) is 0 Å². The standard InChI is InChI=1S/C9H16O4/c1-7(13-9(3)11)5-4-6-12-8(2)10/h7H,4-6H2,1-3H3. The fourth-order valence-electron chi connectivity index (χ4n) is 0.929. The third kappa shape index (κ3) is 8.85. The predicted octanol–water partition coefficient (Wildman–Crippen LogP) is 1.28. The van der Waals surface area contributed by atoms with Gasteiger partial charge in [0.25, 0.3) is 0 Å². The van der Waals surface area contributed by atoms with Gasteiger partial charge in [-0.3, -0.25) is 9.59 Å². The molecule has 1 unspecified atom stereocenters. The normalized spacial score (nSPS) is 11.9. The molecule has 0 saturated heterocycles. The van der Waals surface area contributed by atoms with Crippen LogP contribution in [0.2, 0.25) is 0 Å². The lowest BCUT2D eigenvalue weighted by molar-refractivity contribution is -0.147. The van der Waals surface area contributed by atoms with Crippen LogP contribution in [-0.2, 0) is 19.1 Å². The fraction of sp³-hybridized carbons (Fsp3) is 0.778. The van der Waals surface area contributed by atoms with Gasteiger partial charge in [-0.15, -0.1) is 0 Å². The zero-order valence-electron chi connectivity index (χ0n) is 8.33. The highest BCUT2D eigenvalue weighted by molar-refractivity contribution is 5.66. The molecular formula is C9H16O4. The minimum absolute atomic E-state index is 0.104. The van der Waals surface area contributed by atoms with Crippen LogP contribution >= 0.6 is 0 Å². The second kappa shape index (κ2) is 6.46. The summed E-state index contributed by atoms with van der Waals surface area (Å²) in [5.74, 6) is -0.555. The molecule has 0 radical (unpaired) electrons. The Balaban J connectivity index is 3.31. The molecule has 0 rings (SSSR count). The van der Waals surface area contributed by atoms with E-state index in [4.69, 9.17) is 9.47 Å². The molecule has 0 fully saturated rings. The maximum atomic E-state index is 10.5. The third-order valence-electron chi connectivity index (χ3n) is 1.43. The minimum Gasteiger partial charge on any atom is -0.466 e. The van der Waals surface area contributed by atoms with Gasteiger partial charge in [-0.05, 0) is 19.8 Å². The Morgan fingerprint density at radius 3 is 2.31 bits per heavy atom. The van der Waals surface area contributed by atoms with Crippen molar-refractivity contribution in [1.82, 2.24) is 0 Å². The first kappa shape index (κ1) is 11.9. The molecular weight excluding hydrogens is 172 g/mol. The molecule has 0 aliphatic heterocycles. The van der Waals surface area contributed by atoms with Crippen LogP contribution in [-0.4, -0.2) is 24.6 Å². The molecule has 4 heteroatoms. The molecule has 0 amide bonds. The minimum atomic E-state index is -0.278.